The van der Waals surface area contributed by atoms with Crippen LogP contribution in [0.2, 0.25) is 5.15 Å². The predicted octanol–water partition coefficient (Wildman–Crippen LogP) is 3.73. The van der Waals surface area contributed by atoms with E-state index in [1.165, 1.54) is 18.2 Å². The molecule has 1 aromatic heterocycles. The van der Waals surface area contributed by atoms with Crippen LogP contribution in [0.5, 0.6) is 0 Å². The molecule has 138 valence electrons. The van der Waals surface area contributed by atoms with Crippen LogP contribution in [0.15, 0.2) is 18.2 Å². The molecule has 8 heteroatoms. The van der Waals surface area contributed by atoms with Crippen LogP contribution in [0, 0.1) is 17.6 Å². The molecule has 0 unspecified atom stereocenters. The number of nitrogens with zero attached hydrogens (tertiary/aromatic N) is 2. The lowest BCUT2D eigenvalue weighted by molar-refractivity contribution is 0.229. The van der Waals surface area contributed by atoms with E-state index >= 15 is 0 Å². The molecule has 2 aromatic rings. The monoisotopic (exact) mass is 380 g/mol. The molecule has 1 heterocycles. The Bertz CT molecular complexity index is 811. The number of aromatic nitrogens is 2. The van der Waals surface area contributed by atoms with Gasteiger partial charge in [0, 0.05) is 18.7 Å². The highest BCUT2D eigenvalue weighted by Gasteiger charge is 2.25. The zero-order valence-corrected chi connectivity index (χ0v) is 14.7. The molecule has 1 fully saturated rings. The lowest BCUT2D eigenvalue weighted by Gasteiger charge is -2.16. The van der Waals surface area contributed by atoms with Gasteiger partial charge in [-0.1, -0.05) is 17.7 Å². The number of nitrogen functional groups attached to an aromatic ring is 1. The second kappa shape index (κ2) is 7.97. The van der Waals surface area contributed by atoms with E-state index < -0.39 is 11.6 Å². The number of benzene rings is 1. The van der Waals surface area contributed by atoms with Crippen molar-refractivity contribution in [1.82, 2.24) is 9.97 Å². The average molecular weight is 381 g/mol. The van der Waals surface area contributed by atoms with Crippen molar-refractivity contribution in [2.45, 2.75) is 25.3 Å². The SMILES string of the molecule is Nc1nc(Cl)c(/C=C/c2cc(F)cc(F)c2)c(N[C@H]2CC[C@@H](CO)C2)n1. The first kappa shape index (κ1) is 18.5. The summed E-state index contributed by atoms with van der Waals surface area (Å²) in [6.07, 6.45) is 5.76. The largest absolute Gasteiger partial charge is 0.396 e. The van der Waals surface area contributed by atoms with E-state index in [4.69, 9.17) is 17.3 Å². The van der Waals surface area contributed by atoms with E-state index in [1.807, 2.05) is 0 Å². The van der Waals surface area contributed by atoms with Crippen LogP contribution in [0.25, 0.3) is 12.2 Å². The maximum atomic E-state index is 13.3. The van der Waals surface area contributed by atoms with Crippen molar-refractivity contribution < 1.29 is 13.9 Å². The van der Waals surface area contributed by atoms with E-state index in [2.05, 4.69) is 15.3 Å². The molecule has 2 atom stereocenters. The highest BCUT2D eigenvalue weighted by molar-refractivity contribution is 6.31. The fourth-order valence-electron chi connectivity index (χ4n) is 3.13. The average Bonchev–Trinajstić information content (AvgIpc) is 3.00. The van der Waals surface area contributed by atoms with Gasteiger partial charge in [-0.05, 0) is 49.0 Å². The standard InChI is InChI=1S/C18H19ClF2N4O/c19-16-15(4-2-10-5-12(20)8-13(21)6-10)17(25-18(22)24-16)23-14-3-1-11(7-14)9-26/h2,4-6,8,11,14,26H,1,3,7,9H2,(H3,22,23,24,25)/b4-2+/t11-,14+/m1/s1. The number of halogens is 3. The van der Waals surface area contributed by atoms with Crippen LogP contribution < -0.4 is 11.1 Å². The minimum atomic E-state index is -0.663. The maximum absolute atomic E-state index is 13.3. The summed E-state index contributed by atoms with van der Waals surface area (Å²) < 4.78 is 26.7. The number of hydrogen-bond donors (Lipinski definition) is 3. The van der Waals surface area contributed by atoms with Crippen molar-refractivity contribution in [2.24, 2.45) is 5.92 Å². The normalized spacial score (nSPS) is 20.0. The maximum Gasteiger partial charge on any atom is 0.223 e. The second-order valence-corrected chi connectivity index (χ2v) is 6.73. The zero-order valence-electron chi connectivity index (χ0n) is 13.9. The van der Waals surface area contributed by atoms with Gasteiger partial charge >= 0.3 is 0 Å². The molecule has 0 amide bonds. The van der Waals surface area contributed by atoms with Crippen LogP contribution in [0.4, 0.5) is 20.5 Å². The number of nitrogens with two attached hydrogens (primary N) is 1. The first-order valence-corrected chi connectivity index (χ1v) is 8.67. The lowest BCUT2D eigenvalue weighted by Crippen LogP contribution is -2.18. The highest BCUT2D eigenvalue weighted by Crippen LogP contribution is 2.31. The van der Waals surface area contributed by atoms with Crippen LogP contribution in [-0.4, -0.2) is 27.7 Å². The summed E-state index contributed by atoms with van der Waals surface area (Å²) in [6, 6.07) is 3.36. The summed E-state index contributed by atoms with van der Waals surface area (Å²) >= 11 is 6.19. The first-order chi connectivity index (χ1) is 12.4. The third-order valence-electron chi connectivity index (χ3n) is 4.38. The number of nitrogens with one attached hydrogen (secondary N) is 1. The molecule has 1 aliphatic rings. The number of rotatable bonds is 5. The Morgan fingerprint density at radius 2 is 1.92 bits per heavy atom. The molecule has 0 bridgehead atoms. The third kappa shape index (κ3) is 4.47. The van der Waals surface area contributed by atoms with Crippen molar-refractivity contribution in [3.05, 3.63) is 46.1 Å². The number of aliphatic hydroxyl groups is 1. The Balaban J connectivity index is 1.87. The number of aliphatic hydroxyl groups excluding tert-OH is 1. The molecule has 1 aliphatic carbocycles. The molecule has 26 heavy (non-hydrogen) atoms. The molecule has 1 saturated carbocycles. The predicted molar refractivity (Wildman–Crippen MR) is 98.6 cm³/mol. The molecular formula is C18H19ClF2N4O. The van der Waals surface area contributed by atoms with Crippen LogP contribution in [0.1, 0.15) is 30.4 Å². The Hall–Kier alpha value is -2.25. The number of hydrogen-bond acceptors (Lipinski definition) is 5. The smallest absolute Gasteiger partial charge is 0.223 e. The molecule has 0 aliphatic heterocycles. The first-order valence-electron chi connectivity index (χ1n) is 8.29. The van der Waals surface area contributed by atoms with Crippen molar-refractivity contribution in [3.8, 4) is 0 Å². The zero-order chi connectivity index (χ0) is 18.7. The summed E-state index contributed by atoms with van der Waals surface area (Å²) in [6.45, 7) is 0.156. The van der Waals surface area contributed by atoms with Gasteiger partial charge in [0.25, 0.3) is 0 Å². The minimum Gasteiger partial charge on any atom is -0.396 e. The van der Waals surface area contributed by atoms with Gasteiger partial charge in [0.2, 0.25) is 5.95 Å². The van der Waals surface area contributed by atoms with Gasteiger partial charge in [0.05, 0.1) is 5.56 Å². The minimum absolute atomic E-state index is 0.0307. The Kier molecular flexibility index (Phi) is 5.68. The van der Waals surface area contributed by atoms with Gasteiger partial charge in [0.1, 0.15) is 22.6 Å². The summed E-state index contributed by atoms with van der Waals surface area (Å²) in [4.78, 5) is 8.14. The van der Waals surface area contributed by atoms with Crippen LogP contribution >= 0.6 is 11.6 Å². The summed E-state index contributed by atoms with van der Waals surface area (Å²) in [5, 5.41) is 12.7. The second-order valence-electron chi connectivity index (χ2n) is 6.37. The topological polar surface area (TPSA) is 84.1 Å². The summed E-state index contributed by atoms with van der Waals surface area (Å²) in [5.41, 5.74) is 6.53. The molecule has 4 N–H and O–H groups in total. The molecule has 1 aromatic carbocycles. The summed E-state index contributed by atoms with van der Waals surface area (Å²) in [7, 11) is 0. The van der Waals surface area contributed by atoms with Gasteiger partial charge in [0.15, 0.2) is 0 Å². The molecule has 0 radical (unpaired) electrons. The van der Waals surface area contributed by atoms with Gasteiger partial charge in [-0.25, -0.2) is 13.8 Å². The Labute approximate surface area is 154 Å². The van der Waals surface area contributed by atoms with Crippen molar-refractivity contribution in [1.29, 1.82) is 0 Å². The van der Waals surface area contributed by atoms with E-state index in [0.29, 0.717) is 16.9 Å². The Morgan fingerprint density at radius 1 is 1.19 bits per heavy atom. The van der Waals surface area contributed by atoms with Gasteiger partial charge in [-0.2, -0.15) is 4.98 Å². The molecule has 3 rings (SSSR count). The van der Waals surface area contributed by atoms with Gasteiger partial charge in [-0.15, -0.1) is 0 Å². The van der Waals surface area contributed by atoms with Crippen molar-refractivity contribution in [3.63, 3.8) is 0 Å². The van der Waals surface area contributed by atoms with E-state index in [-0.39, 0.29) is 29.7 Å². The van der Waals surface area contributed by atoms with E-state index in [0.717, 1.165) is 25.3 Å². The van der Waals surface area contributed by atoms with Crippen LogP contribution in [-0.2, 0) is 0 Å². The fourth-order valence-corrected chi connectivity index (χ4v) is 3.37. The molecule has 5 nitrogen and oxygen atoms in total. The van der Waals surface area contributed by atoms with Crippen molar-refractivity contribution >= 4 is 35.5 Å². The third-order valence-corrected chi connectivity index (χ3v) is 4.67. The van der Waals surface area contributed by atoms with Crippen LogP contribution in [0.3, 0.4) is 0 Å². The van der Waals surface area contributed by atoms with E-state index in [9.17, 15) is 13.9 Å². The molecule has 0 spiro atoms. The van der Waals surface area contributed by atoms with Gasteiger partial charge in [-0.3, -0.25) is 0 Å². The lowest BCUT2D eigenvalue weighted by atomic mass is 10.1. The fraction of sp³-hybridized carbons (Fsp3) is 0.333. The number of anilines is 2. The van der Waals surface area contributed by atoms with E-state index in [1.54, 1.807) is 6.08 Å². The van der Waals surface area contributed by atoms with Crippen molar-refractivity contribution in [2.75, 3.05) is 17.7 Å². The highest BCUT2D eigenvalue weighted by atomic mass is 35.5. The molecular weight excluding hydrogens is 362 g/mol. The molecule has 0 saturated heterocycles. The Morgan fingerprint density at radius 3 is 2.58 bits per heavy atom. The quantitative estimate of drug-likeness (QED) is 0.688. The summed E-state index contributed by atoms with van der Waals surface area (Å²) in [5.74, 6) is -0.578. The van der Waals surface area contributed by atoms with Gasteiger partial charge < -0.3 is 16.2 Å².